The van der Waals surface area contributed by atoms with Crippen LogP contribution >= 0.6 is 0 Å². The normalized spacial score (nSPS) is 16.4. The number of ether oxygens (including phenoxy) is 1. The Morgan fingerprint density at radius 2 is 2.06 bits per heavy atom. The SMILES string of the molecule is COc1ccc2[nH]c(C(=O)N3CCCCC3c3ncc(Cc4ccc(F)cc4)o3)cc2c1. The fraction of sp³-hybridized carbons (Fsp3) is 0.280. The van der Waals surface area contributed by atoms with E-state index in [0.29, 0.717) is 30.3 Å². The Hall–Kier alpha value is -3.61. The quantitative estimate of drug-likeness (QED) is 0.466. The van der Waals surface area contributed by atoms with E-state index in [1.54, 1.807) is 25.4 Å². The molecule has 4 aromatic rings. The van der Waals surface area contributed by atoms with Gasteiger partial charge >= 0.3 is 0 Å². The molecule has 0 aliphatic carbocycles. The number of likely N-dealkylation sites (tertiary alicyclic amines) is 1. The monoisotopic (exact) mass is 433 g/mol. The number of nitrogens with one attached hydrogen (secondary N) is 1. The van der Waals surface area contributed by atoms with Gasteiger partial charge in [-0.05, 0) is 61.2 Å². The molecule has 0 radical (unpaired) electrons. The number of methoxy groups -OCH3 is 1. The molecule has 1 aliphatic heterocycles. The van der Waals surface area contributed by atoms with Gasteiger partial charge in [-0.15, -0.1) is 0 Å². The summed E-state index contributed by atoms with van der Waals surface area (Å²) in [7, 11) is 1.62. The minimum absolute atomic E-state index is 0.0665. The predicted molar refractivity (Wildman–Crippen MR) is 118 cm³/mol. The zero-order valence-corrected chi connectivity index (χ0v) is 17.8. The first-order valence-electron chi connectivity index (χ1n) is 10.8. The molecule has 2 aromatic heterocycles. The fourth-order valence-corrected chi connectivity index (χ4v) is 4.30. The molecule has 0 saturated carbocycles. The molecule has 2 aromatic carbocycles. The van der Waals surface area contributed by atoms with E-state index in [1.165, 1.54) is 12.1 Å². The third-order valence-electron chi connectivity index (χ3n) is 5.97. The summed E-state index contributed by atoms with van der Waals surface area (Å²) < 4.78 is 24.5. The molecule has 1 N–H and O–H groups in total. The maximum Gasteiger partial charge on any atom is 0.270 e. The maximum absolute atomic E-state index is 13.4. The van der Waals surface area contributed by atoms with Crippen LogP contribution in [0.15, 0.2) is 59.1 Å². The summed E-state index contributed by atoms with van der Waals surface area (Å²) in [5, 5.41) is 0.930. The second-order valence-corrected chi connectivity index (χ2v) is 8.11. The number of rotatable bonds is 5. The van der Waals surface area contributed by atoms with E-state index in [4.69, 9.17) is 9.15 Å². The van der Waals surface area contributed by atoms with Crippen molar-refractivity contribution in [1.82, 2.24) is 14.9 Å². The summed E-state index contributed by atoms with van der Waals surface area (Å²) in [6.07, 6.45) is 4.98. The lowest BCUT2D eigenvalue weighted by molar-refractivity contribution is 0.0565. The van der Waals surface area contributed by atoms with Gasteiger partial charge in [-0.25, -0.2) is 9.37 Å². The molecule has 1 atom stereocenters. The molecule has 1 saturated heterocycles. The Morgan fingerprint density at radius 1 is 1.22 bits per heavy atom. The number of carbonyl (C=O) groups excluding carboxylic acids is 1. The van der Waals surface area contributed by atoms with Crippen molar-refractivity contribution < 1.29 is 18.3 Å². The highest BCUT2D eigenvalue weighted by Gasteiger charge is 2.32. The van der Waals surface area contributed by atoms with E-state index in [9.17, 15) is 9.18 Å². The molecule has 6 nitrogen and oxygen atoms in total. The number of fused-ring (bicyclic) bond motifs is 1. The molecule has 7 heteroatoms. The molecular formula is C25H24FN3O3. The first-order valence-corrected chi connectivity index (χ1v) is 10.8. The number of aromatic amines is 1. The summed E-state index contributed by atoms with van der Waals surface area (Å²) in [6.45, 7) is 0.651. The van der Waals surface area contributed by atoms with Crippen molar-refractivity contribution in [3.63, 3.8) is 0 Å². The van der Waals surface area contributed by atoms with E-state index in [2.05, 4.69) is 9.97 Å². The molecule has 0 spiro atoms. The van der Waals surface area contributed by atoms with Crippen LogP contribution in [-0.4, -0.2) is 34.4 Å². The molecule has 164 valence electrons. The Balaban J connectivity index is 1.37. The van der Waals surface area contributed by atoms with Crippen LogP contribution < -0.4 is 4.74 Å². The Morgan fingerprint density at radius 3 is 2.88 bits per heavy atom. The zero-order chi connectivity index (χ0) is 22.1. The van der Waals surface area contributed by atoms with Gasteiger partial charge in [-0.2, -0.15) is 0 Å². The Bertz CT molecular complexity index is 1250. The Kier molecular flexibility index (Phi) is 5.39. The average molecular weight is 433 g/mol. The van der Waals surface area contributed by atoms with Crippen molar-refractivity contribution in [3.05, 3.63) is 83.5 Å². The summed E-state index contributed by atoms with van der Waals surface area (Å²) >= 11 is 0. The molecule has 1 unspecified atom stereocenters. The van der Waals surface area contributed by atoms with Gasteiger partial charge in [0.15, 0.2) is 0 Å². The predicted octanol–water partition coefficient (Wildman–Crippen LogP) is 5.26. The molecule has 1 aliphatic rings. The third kappa shape index (κ3) is 3.98. The lowest BCUT2D eigenvalue weighted by atomic mass is 10.0. The van der Waals surface area contributed by atoms with Crippen LogP contribution in [-0.2, 0) is 6.42 Å². The number of benzene rings is 2. The van der Waals surface area contributed by atoms with Crippen molar-refractivity contribution in [2.24, 2.45) is 0 Å². The number of hydrogen-bond donors (Lipinski definition) is 1. The van der Waals surface area contributed by atoms with Crippen molar-refractivity contribution >= 4 is 16.8 Å². The van der Waals surface area contributed by atoms with Crippen molar-refractivity contribution in [2.75, 3.05) is 13.7 Å². The molecule has 32 heavy (non-hydrogen) atoms. The zero-order valence-electron chi connectivity index (χ0n) is 17.8. The van der Waals surface area contributed by atoms with Crippen LogP contribution in [0.4, 0.5) is 4.39 Å². The summed E-state index contributed by atoms with van der Waals surface area (Å²) in [4.78, 5) is 23.0. The molecule has 5 rings (SSSR count). The van der Waals surface area contributed by atoms with Crippen LogP contribution in [0.2, 0.25) is 0 Å². The number of nitrogens with zero attached hydrogens (tertiary/aromatic N) is 2. The summed E-state index contributed by atoms with van der Waals surface area (Å²) in [6, 6.07) is 13.7. The van der Waals surface area contributed by atoms with Gasteiger partial charge in [0.2, 0.25) is 5.89 Å². The Labute approximate surface area is 185 Å². The van der Waals surface area contributed by atoms with Crippen molar-refractivity contribution in [2.45, 2.75) is 31.7 Å². The molecule has 1 amide bonds. The van der Waals surface area contributed by atoms with Crippen molar-refractivity contribution in [1.29, 1.82) is 0 Å². The lowest BCUT2D eigenvalue weighted by Gasteiger charge is -2.33. The molecule has 3 heterocycles. The second kappa shape index (κ2) is 8.49. The second-order valence-electron chi connectivity index (χ2n) is 8.11. The standard InChI is InChI=1S/C25H24FN3O3/c1-31-19-9-10-21-17(13-19)14-22(28-21)25(30)29-11-3-2-4-23(29)24-27-15-20(32-24)12-16-5-7-18(26)8-6-16/h5-10,13-15,23,28H,2-4,11-12H2,1H3. The number of halogens is 1. The van der Waals surface area contributed by atoms with Crippen LogP contribution in [0.5, 0.6) is 5.75 Å². The van der Waals surface area contributed by atoms with Crippen molar-refractivity contribution in [3.8, 4) is 5.75 Å². The summed E-state index contributed by atoms with van der Waals surface area (Å²) in [5.74, 6) is 1.66. The first kappa shape index (κ1) is 20.3. The van der Waals surface area contributed by atoms with Gasteiger partial charge in [0.25, 0.3) is 5.91 Å². The van der Waals surface area contributed by atoms with Gasteiger partial charge in [-0.1, -0.05) is 12.1 Å². The van der Waals surface area contributed by atoms with E-state index in [-0.39, 0.29) is 17.8 Å². The summed E-state index contributed by atoms with van der Waals surface area (Å²) in [5.41, 5.74) is 2.37. The van der Waals surface area contributed by atoms with Gasteiger partial charge in [0.05, 0.1) is 13.3 Å². The highest BCUT2D eigenvalue weighted by Crippen LogP contribution is 2.33. The van der Waals surface area contributed by atoms with Gasteiger partial charge in [0.1, 0.15) is 29.1 Å². The lowest BCUT2D eigenvalue weighted by Crippen LogP contribution is -2.38. The number of oxazole rings is 1. The number of amides is 1. The average Bonchev–Trinajstić information content (AvgIpc) is 3.46. The highest BCUT2D eigenvalue weighted by molar-refractivity contribution is 5.98. The van der Waals surface area contributed by atoms with Crippen LogP contribution in [0, 0.1) is 5.82 Å². The van der Waals surface area contributed by atoms with Gasteiger partial charge < -0.3 is 19.0 Å². The first-order chi connectivity index (χ1) is 15.6. The van der Waals surface area contributed by atoms with Crippen LogP contribution in [0.3, 0.4) is 0 Å². The van der Waals surface area contributed by atoms with E-state index in [1.807, 2.05) is 29.2 Å². The van der Waals surface area contributed by atoms with Gasteiger partial charge in [0, 0.05) is 23.9 Å². The third-order valence-corrected chi connectivity index (χ3v) is 5.97. The number of carbonyl (C=O) groups is 1. The molecule has 0 bridgehead atoms. The van der Waals surface area contributed by atoms with Gasteiger partial charge in [-0.3, -0.25) is 4.79 Å². The van der Waals surface area contributed by atoms with E-state index >= 15 is 0 Å². The van der Waals surface area contributed by atoms with E-state index in [0.717, 1.165) is 41.5 Å². The minimum Gasteiger partial charge on any atom is -0.497 e. The smallest absolute Gasteiger partial charge is 0.270 e. The molecular weight excluding hydrogens is 409 g/mol. The minimum atomic E-state index is -0.265. The van der Waals surface area contributed by atoms with Crippen LogP contribution in [0.25, 0.3) is 10.9 Å². The number of aromatic nitrogens is 2. The topological polar surface area (TPSA) is 71.4 Å². The number of hydrogen-bond acceptors (Lipinski definition) is 4. The number of H-pyrrole nitrogens is 1. The molecule has 1 fully saturated rings. The fourth-order valence-electron chi connectivity index (χ4n) is 4.30. The number of piperidine rings is 1. The maximum atomic E-state index is 13.4. The highest BCUT2D eigenvalue weighted by atomic mass is 19.1. The van der Waals surface area contributed by atoms with E-state index < -0.39 is 0 Å². The largest absolute Gasteiger partial charge is 0.497 e. The van der Waals surface area contributed by atoms with Crippen LogP contribution in [0.1, 0.15) is 53.0 Å².